The zero-order valence-electron chi connectivity index (χ0n) is 18.3. The van der Waals surface area contributed by atoms with E-state index in [-0.39, 0.29) is 5.69 Å². The fraction of sp³-hybridized carbons (Fsp3) is 0.304. The minimum absolute atomic E-state index is 0.0998. The molecule has 0 radical (unpaired) electrons. The third-order valence-electron chi connectivity index (χ3n) is 5.28. The van der Waals surface area contributed by atoms with Gasteiger partial charge in [-0.25, -0.2) is 13.8 Å². The van der Waals surface area contributed by atoms with E-state index in [4.69, 9.17) is 21.1 Å². The van der Waals surface area contributed by atoms with E-state index in [0.29, 0.717) is 31.6 Å². The molecule has 3 aromatic rings. The lowest BCUT2D eigenvalue weighted by molar-refractivity contribution is 0.122. The summed E-state index contributed by atoms with van der Waals surface area (Å²) in [5.74, 6) is -0.927. The Hall–Kier alpha value is -3.01. The van der Waals surface area contributed by atoms with Crippen LogP contribution < -0.4 is 15.1 Å². The Morgan fingerprint density at radius 3 is 2.73 bits per heavy atom. The molecule has 1 N–H and O–H groups in total. The first-order chi connectivity index (χ1) is 16.0. The highest BCUT2D eigenvalue weighted by atomic mass is 35.5. The van der Waals surface area contributed by atoms with Gasteiger partial charge in [-0.05, 0) is 42.0 Å². The molecular weight excluding hydrogens is 452 g/mol. The lowest BCUT2D eigenvalue weighted by Gasteiger charge is -2.29. The number of methoxy groups -OCH3 is 1. The molecule has 1 fully saturated rings. The van der Waals surface area contributed by atoms with Crippen LogP contribution in [0.2, 0.25) is 5.02 Å². The summed E-state index contributed by atoms with van der Waals surface area (Å²) in [4.78, 5) is 12.5. The van der Waals surface area contributed by atoms with Crippen LogP contribution in [0.25, 0.3) is 0 Å². The molecule has 1 aliphatic rings. The van der Waals surface area contributed by atoms with E-state index in [9.17, 15) is 8.78 Å². The van der Waals surface area contributed by atoms with Crippen molar-refractivity contribution in [2.75, 3.05) is 55.6 Å². The molecule has 0 bridgehead atoms. The topological polar surface area (TPSA) is 62.8 Å². The predicted molar refractivity (Wildman–Crippen MR) is 125 cm³/mol. The zero-order valence-corrected chi connectivity index (χ0v) is 19.1. The number of ether oxygens (including phenoxy) is 2. The average molecular weight is 476 g/mol. The van der Waals surface area contributed by atoms with Crippen LogP contribution >= 0.6 is 11.6 Å². The molecule has 7 nitrogen and oxygen atoms in total. The van der Waals surface area contributed by atoms with Gasteiger partial charge in [0, 0.05) is 44.8 Å². The van der Waals surface area contributed by atoms with Crippen LogP contribution in [0.15, 0.2) is 42.6 Å². The minimum atomic E-state index is -0.852. The molecule has 0 atom stereocenters. The van der Waals surface area contributed by atoms with Crippen molar-refractivity contribution in [2.45, 2.75) is 6.61 Å². The second-order valence-electron chi connectivity index (χ2n) is 7.54. The van der Waals surface area contributed by atoms with Crippen molar-refractivity contribution in [1.82, 2.24) is 9.97 Å². The van der Waals surface area contributed by atoms with Crippen molar-refractivity contribution >= 4 is 40.4 Å². The Balaban J connectivity index is 1.60. The number of hydrogen-bond donors (Lipinski definition) is 1. The molecule has 1 aromatic heterocycles. The van der Waals surface area contributed by atoms with Crippen molar-refractivity contribution in [2.24, 2.45) is 0 Å². The van der Waals surface area contributed by atoms with Gasteiger partial charge in [0.25, 0.3) is 0 Å². The summed E-state index contributed by atoms with van der Waals surface area (Å²) in [6.07, 6.45) is 1.56. The van der Waals surface area contributed by atoms with Crippen molar-refractivity contribution in [1.29, 1.82) is 0 Å². The molecule has 0 aliphatic carbocycles. The summed E-state index contributed by atoms with van der Waals surface area (Å²) >= 11 is 5.73. The first-order valence-corrected chi connectivity index (χ1v) is 10.8. The Kier molecular flexibility index (Phi) is 7.22. The Morgan fingerprint density at radius 1 is 1.18 bits per heavy atom. The average Bonchev–Trinajstić information content (AvgIpc) is 2.83. The highest BCUT2D eigenvalue weighted by Gasteiger charge is 2.18. The third-order valence-corrected chi connectivity index (χ3v) is 5.63. The molecule has 1 saturated heterocycles. The molecule has 10 heteroatoms. The van der Waals surface area contributed by atoms with E-state index in [1.54, 1.807) is 26.4 Å². The minimum Gasteiger partial charge on any atom is -0.380 e. The summed E-state index contributed by atoms with van der Waals surface area (Å²) in [6.45, 7) is 3.43. The number of hydrogen-bond acceptors (Lipinski definition) is 7. The van der Waals surface area contributed by atoms with Crippen LogP contribution in [0.1, 0.15) is 5.56 Å². The van der Waals surface area contributed by atoms with Gasteiger partial charge < -0.3 is 24.6 Å². The van der Waals surface area contributed by atoms with Gasteiger partial charge in [0.15, 0.2) is 5.82 Å². The van der Waals surface area contributed by atoms with E-state index in [1.807, 2.05) is 12.1 Å². The number of benzene rings is 2. The fourth-order valence-electron chi connectivity index (χ4n) is 3.62. The molecular formula is C23H24ClF2N5O2. The molecule has 0 saturated carbocycles. The SMILES string of the molecule is COCc1cc(Nc2nccc(N(C)c3ccc(F)c(Cl)c3F)n2)cc(N2CCOCC2)c1. The van der Waals surface area contributed by atoms with E-state index < -0.39 is 16.7 Å². The largest absolute Gasteiger partial charge is 0.380 e. The summed E-state index contributed by atoms with van der Waals surface area (Å²) in [7, 11) is 3.27. The molecule has 33 heavy (non-hydrogen) atoms. The van der Waals surface area contributed by atoms with Gasteiger partial charge in [-0.1, -0.05) is 11.6 Å². The van der Waals surface area contributed by atoms with Gasteiger partial charge in [0.2, 0.25) is 5.95 Å². The summed E-state index contributed by atoms with van der Waals surface area (Å²) in [6, 6.07) is 10.1. The van der Waals surface area contributed by atoms with Gasteiger partial charge in [-0.3, -0.25) is 0 Å². The van der Waals surface area contributed by atoms with E-state index >= 15 is 0 Å². The molecule has 2 heterocycles. The van der Waals surface area contributed by atoms with Gasteiger partial charge in [-0.15, -0.1) is 0 Å². The van der Waals surface area contributed by atoms with Crippen LogP contribution in [-0.4, -0.2) is 50.4 Å². The monoisotopic (exact) mass is 475 g/mol. The van der Waals surface area contributed by atoms with Crippen molar-refractivity contribution in [3.8, 4) is 0 Å². The van der Waals surface area contributed by atoms with Crippen LogP contribution in [0.5, 0.6) is 0 Å². The standard InChI is InChI=1S/C23H24ClF2N5O2/c1-30(19-4-3-18(25)21(24)22(19)26)20-5-6-27-23(29-20)28-16-11-15(14-32-2)12-17(13-16)31-7-9-33-10-8-31/h3-6,11-13H,7-10,14H2,1-2H3,(H,27,28,29). The number of anilines is 5. The van der Waals surface area contributed by atoms with Gasteiger partial charge >= 0.3 is 0 Å². The normalized spacial score (nSPS) is 13.8. The Morgan fingerprint density at radius 2 is 1.97 bits per heavy atom. The smallest absolute Gasteiger partial charge is 0.229 e. The van der Waals surface area contributed by atoms with E-state index in [1.165, 1.54) is 11.0 Å². The number of halogens is 3. The lowest BCUT2D eigenvalue weighted by Crippen LogP contribution is -2.36. The highest BCUT2D eigenvalue weighted by molar-refractivity contribution is 6.31. The van der Waals surface area contributed by atoms with Crippen LogP contribution in [0, 0.1) is 11.6 Å². The predicted octanol–water partition coefficient (Wildman–Crippen LogP) is 4.90. The number of nitrogens with zero attached hydrogens (tertiary/aromatic N) is 4. The molecule has 1 aliphatic heterocycles. The van der Waals surface area contributed by atoms with E-state index in [2.05, 4.69) is 26.3 Å². The first-order valence-electron chi connectivity index (χ1n) is 10.4. The summed E-state index contributed by atoms with van der Waals surface area (Å²) in [5, 5.41) is 2.66. The van der Waals surface area contributed by atoms with Gasteiger partial charge in [0.05, 0.1) is 25.5 Å². The van der Waals surface area contributed by atoms with Crippen molar-refractivity contribution < 1.29 is 18.3 Å². The number of aromatic nitrogens is 2. The first kappa shape index (κ1) is 23.2. The lowest BCUT2D eigenvalue weighted by atomic mass is 10.1. The highest BCUT2D eigenvalue weighted by Crippen LogP contribution is 2.32. The quantitative estimate of drug-likeness (QED) is 0.487. The number of nitrogens with one attached hydrogen (secondary N) is 1. The summed E-state index contributed by atoms with van der Waals surface area (Å²) < 4.78 is 38.8. The number of morpholine rings is 1. The van der Waals surface area contributed by atoms with Crippen LogP contribution in [0.3, 0.4) is 0 Å². The maximum atomic E-state index is 14.5. The molecule has 0 amide bonds. The zero-order chi connectivity index (χ0) is 23.4. The van der Waals surface area contributed by atoms with E-state index in [0.717, 1.165) is 36.1 Å². The Labute approximate surface area is 195 Å². The van der Waals surface area contributed by atoms with Crippen LogP contribution in [0.4, 0.5) is 37.6 Å². The van der Waals surface area contributed by atoms with Gasteiger partial charge in [-0.2, -0.15) is 4.98 Å². The maximum Gasteiger partial charge on any atom is 0.229 e. The summed E-state index contributed by atoms with van der Waals surface area (Å²) in [5.41, 5.74) is 2.94. The molecule has 174 valence electrons. The van der Waals surface area contributed by atoms with Gasteiger partial charge in [0.1, 0.15) is 16.7 Å². The van der Waals surface area contributed by atoms with Crippen molar-refractivity contribution in [3.63, 3.8) is 0 Å². The molecule has 4 rings (SSSR count). The Bertz CT molecular complexity index is 1130. The van der Waals surface area contributed by atoms with Crippen molar-refractivity contribution in [3.05, 3.63) is 64.8 Å². The maximum absolute atomic E-state index is 14.5. The second-order valence-corrected chi connectivity index (χ2v) is 7.92. The second kappa shape index (κ2) is 10.3. The molecule has 0 unspecified atom stereocenters. The molecule has 0 spiro atoms. The number of rotatable bonds is 7. The third kappa shape index (κ3) is 5.32. The fourth-order valence-corrected chi connectivity index (χ4v) is 3.78. The molecule has 2 aromatic carbocycles. The van der Waals surface area contributed by atoms with Crippen LogP contribution in [-0.2, 0) is 16.1 Å².